The predicted molar refractivity (Wildman–Crippen MR) is 173 cm³/mol. The van der Waals surface area contributed by atoms with Gasteiger partial charge >= 0.3 is 12.1 Å². The molecular weight excluding hydrogens is 592 g/mol. The van der Waals surface area contributed by atoms with E-state index >= 15 is 0 Å². The van der Waals surface area contributed by atoms with Crippen molar-refractivity contribution in [2.45, 2.75) is 64.8 Å². The number of rotatable bonds is 13. The van der Waals surface area contributed by atoms with Crippen LogP contribution >= 0.6 is 0 Å². The molecule has 3 aromatic rings. The lowest BCUT2D eigenvalue weighted by Gasteiger charge is -2.29. The van der Waals surface area contributed by atoms with Crippen LogP contribution in [0.5, 0.6) is 0 Å². The van der Waals surface area contributed by atoms with E-state index in [2.05, 4.69) is 25.9 Å². The third-order valence-corrected chi connectivity index (χ3v) is 8.28. The number of fused-ring (bicyclic) bond motifs is 1. The first-order valence-electron chi connectivity index (χ1n) is 15.6. The molecule has 1 heterocycles. The number of nitrogens with zero attached hydrogens (tertiary/aromatic N) is 2. The summed E-state index contributed by atoms with van der Waals surface area (Å²) in [6.45, 7) is 4.37. The molecule has 1 aliphatic carbocycles. The van der Waals surface area contributed by atoms with E-state index in [0.29, 0.717) is 48.4 Å². The number of aromatic nitrogens is 2. The smallest absolute Gasteiger partial charge is 0.407 e. The maximum Gasteiger partial charge on any atom is 0.407 e. The largest absolute Gasteiger partial charge is 0.475 e. The third-order valence-electron chi connectivity index (χ3n) is 8.28. The molecule has 5 N–H and O–H groups in total. The number of hydrogen-bond acceptors (Lipinski definition) is 7. The van der Waals surface area contributed by atoms with Gasteiger partial charge in [-0.25, -0.2) is 14.6 Å². The number of carbonyl (C=O) groups is 5. The number of nitrogens with one attached hydrogen (secondary N) is 4. The number of carbonyl (C=O) groups excluding carboxylic acids is 4. The fourth-order valence-electron chi connectivity index (χ4n) is 5.44. The molecular formula is C33H42N6O7. The van der Waals surface area contributed by atoms with Crippen molar-refractivity contribution in [3.8, 4) is 0 Å². The Balaban J connectivity index is 1.43. The monoisotopic (exact) mass is 634 g/mol. The van der Waals surface area contributed by atoms with Crippen LogP contribution in [0.25, 0.3) is 11.0 Å². The number of aromatic carboxylic acids is 1. The molecule has 2 aromatic carbocycles. The van der Waals surface area contributed by atoms with Gasteiger partial charge in [-0.15, -0.1) is 0 Å². The molecule has 1 fully saturated rings. The van der Waals surface area contributed by atoms with E-state index in [1.54, 1.807) is 37.4 Å². The van der Waals surface area contributed by atoms with Crippen molar-refractivity contribution in [2.24, 2.45) is 11.8 Å². The van der Waals surface area contributed by atoms with E-state index in [1.807, 2.05) is 19.1 Å². The third kappa shape index (κ3) is 9.29. The van der Waals surface area contributed by atoms with Gasteiger partial charge in [-0.05, 0) is 73.9 Å². The summed E-state index contributed by atoms with van der Waals surface area (Å²) in [6, 6.07) is 11.1. The van der Waals surface area contributed by atoms with Crippen LogP contribution in [0.1, 0.15) is 68.6 Å². The normalized spacial score (nSPS) is 16.7. The Bertz CT molecular complexity index is 1560. The number of carboxylic acid groups (broad SMARTS) is 1. The van der Waals surface area contributed by atoms with E-state index in [4.69, 9.17) is 4.74 Å². The molecule has 0 spiro atoms. The van der Waals surface area contributed by atoms with E-state index < -0.39 is 24.0 Å². The van der Waals surface area contributed by atoms with Crippen molar-refractivity contribution in [3.05, 3.63) is 53.9 Å². The fraction of sp³-hybridized carbons (Fsp3) is 0.455. The summed E-state index contributed by atoms with van der Waals surface area (Å²) in [5, 5.41) is 17.9. The number of hydrogen-bond donors (Lipinski definition) is 5. The first kappa shape index (κ1) is 33.9. The van der Waals surface area contributed by atoms with E-state index in [1.165, 1.54) is 11.8 Å². The van der Waals surface area contributed by atoms with Gasteiger partial charge in [0.05, 0.1) is 17.6 Å². The highest BCUT2D eigenvalue weighted by molar-refractivity contribution is 5.99. The molecule has 0 aliphatic heterocycles. The van der Waals surface area contributed by atoms with Crippen molar-refractivity contribution in [1.29, 1.82) is 0 Å². The molecule has 0 saturated heterocycles. The highest BCUT2D eigenvalue weighted by Crippen LogP contribution is 2.29. The fourth-order valence-corrected chi connectivity index (χ4v) is 5.44. The molecule has 4 amide bonds. The Morgan fingerprint density at radius 2 is 1.85 bits per heavy atom. The summed E-state index contributed by atoms with van der Waals surface area (Å²) in [4.78, 5) is 70.5. The van der Waals surface area contributed by atoms with Gasteiger partial charge in [0.25, 0.3) is 0 Å². The minimum Gasteiger partial charge on any atom is -0.475 e. The number of unbranched alkanes of at least 4 members (excludes halogenated alkanes) is 1. The average Bonchev–Trinajstić information content (AvgIpc) is 3.47. The van der Waals surface area contributed by atoms with Gasteiger partial charge in [0, 0.05) is 44.2 Å². The maximum absolute atomic E-state index is 13.6. The molecule has 0 bridgehead atoms. The lowest BCUT2D eigenvalue weighted by molar-refractivity contribution is -0.130. The highest BCUT2D eigenvalue weighted by atomic mass is 16.5. The lowest BCUT2D eigenvalue weighted by Crippen LogP contribution is -2.48. The standard InChI is InChI=1S/C33H42N6O7/c1-4-5-15-46-33(45)34-19-21-9-11-23(12-10-21)30(41)38-28(17-22-7-6-8-25(16-22)39(3)20(2)40)31(42)35-24-13-14-26-27(18-24)37-29(36-26)32(43)44/h6-8,13-14,16,18,21,23,28H,4-5,9-12,15,17,19H2,1-3H3,(H,34,45)(H,35,42)(H,36,37)(H,38,41)(H,43,44). The summed E-state index contributed by atoms with van der Waals surface area (Å²) in [7, 11) is 1.66. The van der Waals surface area contributed by atoms with Crippen LogP contribution in [-0.4, -0.2) is 71.1 Å². The maximum atomic E-state index is 13.6. The minimum absolute atomic E-state index is 0.140. The Morgan fingerprint density at radius 3 is 2.54 bits per heavy atom. The number of ether oxygens (including phenoxy) is 1. The Hall–Kier alpha value is -4.94. The number of anilines is 2. The summed E-state index contributed by atoms with van der Waals surface area (Å²) in [6.07, 6.45) is 4.28. The summed E-state index contributed by atoms with van der Waals surface area (Å²) in [5.74, 6) is -2.27. The SMILES string of the molecule is CCCCOC(=O)NCC1CCC(C(=O)NC(Cc2cccc(N(C)C(C)=O)c2)C(=O)Nc2ccc3nc(C(=O)O)[nH]c3c2)CC1. The van der Waals surface area contributed by atoms with Crippen molar-refractivity contribution in [3.63, 3.8) is 0 Å². The number of H-pyrrole nitrogens is 1. The van der Waals surface area contributed by atoms with Gasteiger partial charge in [-0.3, -0.25) is 14.4 Å². The zero-order valence-corrected chi connectivity index (χ0v) is 26.4. The lowest BCUT2D eigenvalue weighted by atomic mass is 9.81. The number of benzene rings is 2. The van der Waals surface area contributed by atoms with Crippen molar-refractivity contribution in [2.75, 3.05) is 30.4 Å². The average molecular weight is 635 g/mol. The molecule has 1 unspecified atom stereocenters. The molecule has 1 aliphatic rings. The Morgan fingerprint density at radius 1 is 1.09 bits per heavy atom. The Kier molecular flexibility index (Phi) is 11.7. The molecule has 0 radical (unpaired) electrons. The summed E-state index contributed by atoms with van der Waals surface area (Å²) in [5.41, 5.74) is 2.70. The topological polar surface area (TPSA) is 183 Å². The number of aromatic amines is 1. The van der Waals surface area contributed by atoms with Gasteiger partial charge in [0.15, 0.2) is 0 Å². The van der Waals surface area contributed by atoms with Crippen LogP contribution < -0.4 is 20.9 Å². The van der Waals surface area contributed by atoms with Gasteiger partial charge < -0.3 is 35.7 Å². The minimum atomic E-state index is -1.20. The van der Waals surface area contributed by atoms with Gasteiger partial charge in [0.1, 0.15) is 6.04 Å². The van der Waals surface area contributed by atoms with Crippen LogP contribution in [0.15, 0.2) is 42.5 Å². The molecule has 13 heteroatoms. The molecule has 1 saturated carbocycles. The van der Waals surface area contributed by atoms with Crippen LogP contribution in [-0.2, 0) is 25.5 Å². The first-order valence-corrected chi connectivity index (χ1v) is 15.6. The molecule has 1 atom stereocenters. The molecule has 246 valence electrons. The predicted octanol–water partition coefficient (Wildman–Crippen LogP) is 4.24. The number of carboxylic acids is 1. The molecule has 4 rings (SSSR count). The number of amides is 4. The van der Waals surface area contributed by atoms with Crippen LogP contribution in [0.2, 0.25) is 0 Å². The Labute approximate surface area is 267 Å². The number of imidazole rings is 1. The summed E-state index contributed by atoms with van der Waals surface area (Å²) < 4.78 is 5.15. The molecule has 46 heavy (non-hydrogen) atoms. The second-order valence-corrected chi connectivity index (χ2v) is 11.7. The summed E-state index contributed by atoms with van der Waals surface area (Å²) >= 11 is 0. The van der Waals surface area contributed by atoms with Gasteiger partial charge in [0.2, 0.25) is 23.5 Å². The van der Waals surface area contributed by atoms with Crippen molar-refractivity contribution < 1.29 is 33.8 Å². The molecule has 1 aromatic heterocycles. The second kappa shape index (κ2) is 15.9. The number of alkyl carbamates (subject to hydrolysis) is 1. The highest BCUT2D eigenvalue weighted by Gasteiger charge is 2.30. The van der Waals surface area contributed by atoms with E-state index in [0.717, 1.165) is 31.2 Å². The van der Waals surface area contributed by atoms with Crippen molar-refractivity contribution >= 4 is 52.2 Å². The van der Waals surface area contributed by atoms with E-state index in [9.17, 15) is 29.1 Å². The van der Waals surface area contributed by atoms with Gasteiger partial charge in [-0.2, -0.15) is 0 Å². The van der Waals surface area contributed by atoms with Crippen molar-refractivity contribution in [1.82, 2.24) is 20.6 Å². The van der Waals surface area contributed by atoms with E-state index in [-0.39, 0.29) is 35.9 Å². The quantitative estimate of drug-likeness (QED) is 0.173. The van der Waals surface area contributed by atoms with Crippen LogP contribution in [0.4, 0.5) is 16.2 Å². The molecule has 13 nitrogen and oxygen atoms in total. The van der Waals surface area contributed by atoms with Crippen LogP contribution in [0.3, 0.4) is 0 Å². The second-order valence-electron chi connectivity index (χ2n) is 11.7. The zero-order chi connectivity index (χ0) is 33.2. The first-order chi connectivity index (χ1) is 22.0. The zero-order valence-electron chi connectivity index (χ0n) is 26.4. The van der Waals surface area contributed by atoms with Crippen LogP contribution in [0, 0.1) is 11.8 Å². The van der Waals surface area contributed by atoms with Gasteiger partial charge in [-0.1, -0.05) is 25.5 Å².